The molecule has 102 valence electrons. The van der Waals surface area contributed by atoms with Gasteiger partial charge in [0.2, 0.25) is 0 Å². The first kappa shape index (κ1) is 15.2. The summed E-state index contributed by atoms with van der Waals surface area (Å²) in [6.07, 6.45) is 0.820. The zero-order chi connectivity index (χ0) is 13.4. The average Bonchev–Trinajstić information content (AvgIpc) is 2.35. The van der Waals surface area contributed by atoms with Crippen LogP contribution in [0.4, 0.5) is 0 Å². The van der Waals surface area contributed by atoms with Crippen LogP contribution in [0.2, 0.25) is 0 Å². The molecule has 0 radical (unpaired) electrons. The summed E-state index contributed by atoms with van der Waals surface area (Å²) in [6.45, 7) is 4.87. The molecule has 18 heavy (non-hydrogen) atoms. The zero-order valence-corrected chi connectivity index (χ0v) is 12.3. The maximum absolute atomic E-state index is 5.85. The minimum absolute atomic E-state index is 0.130. The molecular weight excluding hydrogens is 246 g/mol. The van der Waals surface area contributed by atoms with Crippen LogP contribution < -0.4 is 15.2 Å². The topological polar surface area (TPSA) is 44.5 Å². The van der Waals surface area contributed by atoms with Crippen LogP contribution in [-0.2, 0) is 6.42 Å². The lowest BCUT2D eigenvalue weighted by Crippen LogP contribution is -2.18. The molecule has 0 fully saturated rings. The SMILES string of the molecule is CCSCCOc1cc(OC)ccc1CC(C)N. The second-order valence-corrected chi connectivity index (χ2v) is 5.59. The second-order valence-electron chi connectivity index (χ2n) is 4.20. The van der Waals surface area contributed by atoms with Gasteiger partial charge >= 0.3 is 0 Å². The fourth-order valence-corrected chi connectivity index (χ4v) is 2.16. The van der Waals surface area contributed by atoms with Gasteiger partial charge in [-0.1, -0.05) is 13.0 Å². The number of hydrogen-bond acceptors (Lipinski definition) is 4. The highest BCUT2D eigenvalue weighted by molar-refractivity contribution is 7.99. The third-order valence-electron chi connectivity index (χ3n) is 2.51. The summed E-state index contributed by atoms with van der Waals surface area (Å²) in [5, 5.41) is 0. The Morgan fingerprint density at radius 2 is 2.17 bits per heavy atom. The molecule has 1 aromatic carbocycles. The smallest absolute Gasteiger partial charge is 0.126 e. The number of ether oxygens (including phenoxy) is 2. The van der Waals surface area contributed by atoms with Crippen molar-refractivity contribution in [3.8, 4) is 11.5 Å². The lowest BCUT2D eigenvalue weighted by Gasteiger charge is -2.14. The van der Waals surface area contributed by atoms with Crippen molar-refractivity contribution in [1.82, 2.24) is 0 Å². The fourth-order valence-electron chi connectivity index (χ4n) is 1.67. The van der Waals surface area contributed by atoms with Gasteiger partial charge in [0, 0.05) is 17.9 Å². The highest BCUT2D eigenvalue weighted by Gasteiger charge is 2.08. The summed E-state index contributed by atoms with van der Waals surface area (Å²) in [5.41, 5.74) is 6.99. The molecule has 0 saturated heterocycles. The first-order valence-electron chi connectivity index (χ1n) is 6.30. The Hall–Kier alpha value is -0.870. The summed E-state index contributed by atoms with van der Waals surface area (Å²) in [5.74, 6) is 3.84. The molecule has 0 aromatic heterocycles. The number of thioether (sulfide) groups is 1. The van der Waals surface area contributed by atoms with Gasteiger partial charge in [-0.2, -0.15) is 11.8 Å². The Morgan fingerprint density at radius 3 is 2.78 bits per heavy atom. The van der Waals surface area contributed by atoms with Crippen LogP contribution in [0.3, 0.4) is 0 Å². The standard InChI is InChI=1S/C14H23NO2S/c1-4-18-8-7-17-14-10-13(16-3)6-5-12(14)9-11(2)15/h5-6,10-11H,4,7-9,15H2,1-3H3. The number of hydrogen-bond donors (Lipinski definition) is 1. The van der Waals surface area contributed by atoms with E-state index in [2.05, 4.69) is 6.92 Å². The summed E-state index contributed by atoms with van der Waals surface area (Å²) in [6, 6.07) is 6.05. The van der Waals surface area contributed by atoms with E-state index >= 15 is 0 Å². The van der Waals surface area contributed by atoms with Crippen LogP contribution in [-0.4, -0.2) is 31.3 Å². The maximum Gasteiger partial charge on any atom is 0.126 e. The van der Waals surface area contributed by atoms with Crippen molar-refractivity contribution in [2.24, 2.45) is 5.73 Å². The van der Waals surface area contributed by atoms with Crippen LogP contribution in [0.1, 0.15) is 19.4 Å². The van der Waals surface area contributed by atoms with E-state index in [0.717, 1.165) is 41.6 Å². The lowest BCUT2D eigenvalue weighted by atomic mass is 10.1. The Kier molecular flexibility index (Phi) is 6.98. The molecule has 0 saturated carbocycles. The van der Waals surface area contributed by atoms with E-state index in [1.54, 1.807) is 7.11 Å². The van der Waals surface area contributed by atoms with Crippen LogP contribution in [0.15, 0.2) is 18.2 Å². The lowest BCUT2D eigenvalue weighted by molar-refractivity contribution is 0.335. The van der Waals surface area contributed by atoms with E-state index in [0.29, 0.717) is 0 Å². The van der Waals surface area contributed by atoms with Crippen molar-refractivity contribution in [3.05, 3.63) is 23.8 Å². The number of rotatable bonds is 8. The van der Waals surface area contributed by atoms with Gasteiger partial charge in [0.05, 0.1) is 13.7 Å². The predicted octanol–water partition coefficient (Wildman–Crippen LogP) is 2.72. The zero-order valence-electron chi connectivity index (χ0n) is 11.4. The molecule has 0 aliphatic carbocycles. The van der Waals surface area contributed by atoms with E-state index in [4.69, 9.17) is 15.2 Å². The molecule has 0 amide bonds. The molecule has 3 nitrogen and oxygen atoms in total. The normalized spacial score (nSPS) is 12.2. The van der Waals surface area contributed by atoms with Crippen LogP contribution in [0.25, 0.3) is 0 Å². The van der Waals surface area contributed by atoms with Crippen molar-refractivity contribution in [1.29, 1.82) is 0 Å². The van der Waals surface area contributed by atoms with Crippen molar-refractivity contribution < 1.29 is 9.47 Å². The van der Waals surface area contributed by atoms with Crippen LogP contribution in [0, 0.1) is 0 Å². The van der Waals surface area contributed by atoms with E-state index in [1.807, 2.05) is 36.9 Å². The Balaban J connectivity index is 2.69. The van der Waals surface area contributed by atoms with Crippen LogP contribution in [0.5, 0.6) is 11.5 Å². The minimum atomic E-state index is 0.130. The van der Waals surface area contributed by atoms with Gasteiger partial charge in [-0.15, -0.1) is 0 Å². The molecule has 4 heteroatoms. The average molecular weight is 269 g/mol. The van der Waals surface area contributed by atoms with E-state index < -0.39 is 0 Å². The number of benzene rings is 1. The highest BCUT2D eigenvalue weighted by atomic mass is 32.2. The molecule has 1 rings (SSSR count). The molecular formula is C14H23NO2S. The van der Waals surface area contributed by atoms with Crippen molar-refractivity contribution in [2.45, 2.75) is 26.3 Å². The van der Waals surface area contributed by atoms with E-state index in [-0.39, 0.29) is 6.04 Å². The predicted molar refractivity (Wildman–Crippen MR) is 78.8 cm³/mol. The monoisotopic (exact) mass is 269 g/mol. The van der Waals surface area contributed by atoms with Gasteiger partial charge < -0.3 is 15.2 Å². The van der Waals surface area contributed by atoms with Gasteiger partial charge in [0.1, 0.15) is 11.5 Å². The summed E-state index contributed by atoms with van der Waals surface area (Å²) < 4.78 is 11.1. The van der Waals surface area contributed by atoms with Gasteiger partial charge in [-0.25, -0.2) is 0 Å². The minimum Gasteiger partial charge on any atom is -0.497 e. The summed E-state index contributed by atoms with van der Waals surface area (Å²) in [4.78, 5) is 0. The fraction of sp³-hybridized carbons (Fsp3) is 0.571. The Bertz CT molecular complexity index is 356. The number of methoxy groups -OCH3 is 1. The van der Waals surface area contributed by atoms with E-state index in [1.165, 1.54) is 0 Å². The van der Waals surface area contributed by atoms with Crippen molar-refractivity contribution in [3.63, 3.8) is 0 Å². The van der Waals surface area contributed by atoms with Crippen LogP contribution >= 0.6 is 11.8 Å². The first-order chi connectivity index (χ1) is 8.67. The summed E-state index contributed by atoms with van der Waals surface area (Å²) in [7, 11) is 1.66. The van der Waals surface area contributed by atoms with E-state index in [9.17, 15) is 0 Å². The molecule has 0 aliphatic heterocycles. The Morgan fingerprint density at radius 1 is 1.39 bits per heavy atom. The molecule has 1 unspecified atom stereocenters. The largest absolute Gasteiger partial charge is 0.497 e. The third-order valence-corrected chi connectivity index (χ3v) is 3.37. The third kappa shape index (κ3) is 5.19. The quantitative estimate of drug-likeness (QED) is 0.737. The van der Waals surface area contributed by atoms with Crippen molar-refractivity contribution in [2.75, 3.05) is 25.2 Å². The molecule has 0 spiro atoms. The molecule has 1 aromatic rings. The van der Waals surface area contributed by atoms with Gasteiger partial charge in [-0.3, -0.25) is 0 Å². The Labute approximate surface area is 114 Å². The molecule has 0 heterocycles. The van der Waals surface area contributed by atoms with Crippen molar-refractivity contribution >= 4 is 11.8 Å². The number of nitrogens with two attached hydrogens (primary N) is 1. The second kappa shape index (κ2) is 8.27. The summed E-state index contributed by atoms with van der Waals surface area (Å²) >= 11 is 1.88. The first-order valence-corrected chi connectivity index (χ1v) is 7.45. The molecule has 0 aliphatic rings. The van der Waals surface area contributed by atoms with Gasteiger partial charge in [0.15, 0.2) is 0 Å². The van der Waals surface area contributed by atoms with Gasteiger partial charge in [-0.05, 0) is 30.7 Å². The maximum atomic E-state index is 5.85. The van der Waals surface area contributed by atoms with Gasteiger partial charge in [0.25, 0.3) is 0 Å². The molecule has 1 atom stereocenters. The molecule has 0 bridgehead atoms. The molecule has 2 N–H and O–H groups in total. The highest BCUT2D eigenvalue weighted by Crippen LogP contribution is 2.26.